The summed E-state index contributed by atoms with van der Waals surface area (Å²) in [4.78, 5) is 11.5. The van der Waals surface area contributed by atoms with E-state index in [-0.39, 0.29) is 23.7 Å². The number of carbonyl (C=O) groups is 1. The van der Waals surface area contributed by atoms with E-state index >= 15 is 0 Å². The minimum atomic E-state index is -0.354. The highest BCUT2D eigenvalue weighted by atomic mass is 16.5. The molecule has 0 atom stereocenters. The lowest BCUT2D eigenvalue weighted by Gasteiger charge is -2.26. The molecule has 0 saturated heterocycles. The second-order valence-electron chi connectivity index (χ2n) is 5.27. The second-order valence-corrected chi connectivity index (χ2v) is 5.27. The van der Waals surface area contributed by atoms with Crippen molar-refractivity contribution in [3.05, 3.63) is 0 Å². The van der Waals surface area contributed by atoms with Crippen LogP contribution in [0.5, 0.6) is 0 Å². The molecule has 0 unspecified atom stereocenters. The average Bonchev–Trinajstić information content (AvgIpc) is 1.98. The molecule has 0 heterocycles. The minimum Gasteiger partial charge on any atom is -0.382 e. The summed E-state index contributed by atoms with van der Waals surface area (Å²) in [6.45, 7) is 10.1. The van der Waals surface area contributed by atoms with Gasteiger partial charge in [-0.05, 0) is 34.6 Å². The van der Waals surface area contributed by atoms with E-state index in [1.165, 1.54) is 0 Å². The molecule has 0 rings (SSSR count). The lowest BCUT2D eigenvalue weighted by Crippen LogP contribution is -2.48. The summed E-state index contributed by atoms with van der Waals surface area (Å²) in [5.74, 6) is -0.119. The molecule has 0 aromatic heterocycles. The van der Waals surface area contributed by atoms with Gasteiger partial charge in [-0.25, -0.2) is 0 Å². The van der Waals surface area contributed by atoms with Crippen molar-refractivity contribution in [3.8, 4) is 0 Å². The zero-order valence-electron chi connectivity index (χ0n) is 10.6. The van der Waals surface area contributed by atoms with Crippen LogP contribution in [0.4, 0.5) is 0 Å². The number of nitrogens with one attached hydrogen (secondary N) is 1. The van der Waals surface area contributed by atoms with E-state index in [0.717, 1.165) is 0 Å². The summed E-state index contributed by atoms with van der Waals surface area (Å²) in [5, 5.41) is 2.84. The predicted octanol–water partition coefficient (Wildman–Crippen LogP) is 1.34. The van der Waals surface area contributed by atoms with Gasteiger partial charge in [-0.2, -0.15) is 0 Å². The van der Waals surface area contributed by atoms with Gasteiger partial charge in [0.2, 0.25) is 5.91 Å². The van der Waals surface area contributed by atoms with Gasteiger partial charge < -0.3 is 14.8 Å². The summed E-state index contributed by atoms with van der Waals surface area (Å²) < 4.78 is 10.4. The standard InChI is InChI=1S/C11H23NO3/c1-10(2,3)15-7-9(13)12-11(4,5)8-14-6/h7-8H2,1-6H3,(H,12,13). The zero-order chi connectivity index (χ0) is 12.1. The third kappa shape index (κ3) is 8.39. The first-order chi connectivity index (χ1) is 6.66. The topological polar surface area (TPSA) is 47.6 Å². The molecule has 0 aliphatic heterocycles. The first-order valence-electron chi connectivity index (χ1n) is 5.10. The van der Waals surface area contributed by atoms with Crippen LogP contribution in [0.1, 0.15) is 34.6 Å². The molecule has 0 fully saturated rings. The summed E-state index contributed by atoms with van der Waals surface area (Å²) >= 11 is 0. The maximum atomic E-state index is 11.5. The first kappa shape index (κ1) is 14.4. The predicted molar refractivity (Wildman–Crippen MR) is 59.8 cm³/mol. The highest BCUT2D eigenvalue weighted by Crippen LogP contribution is 2.07. The maximum absolute atomic E-state index is 11.5. The van der Waals surface area contributed by atoms with Gasteiger partial charge in [0.25, 0.3) is 0 Å². The molecular weight excluding hydrogens is 194 g/mol. The minimum absolute atomic E-state index is 0.0800. The van der Waals surface area contributed by atoms with Crippen LogP contribution in [0.25, 0.3) is 0 Å². The molecule has 1 amide bonds. The molecule has 0 aromatic carbocycles. The van der Waals surface area contributed by atoms with Crippen LogP contribution in [-0.2, 0) is 14.3 Å². The van der Waals surface area contributed by atoms with Gasteiger partial charge in [0.15, 0.2) is 0 Å². The molecule has 0 radical (unpaired) electrons. The van der Waals surface area contributed by atoms with Gasteiger partial charge in [-0.1, -0.05) is 0 Å². The SMILES string of the molecule is COCC(C)(C)NC(=O)COC(C)(C)C. The number of hydrogen-bond donors (Lipinski definition) is 1. The Morgan fingerprint density at radius 3 is 2.13 bits per heavy atom. The fourth-order valence-electron chi connectivity index (χ4n) is 1.09. The maximum Gasteiger partial charge on any atom is 0.246 e. The molecule has 0 bridgehead atoms. The Morgan fingerprint density at radius 2 is 1.73 bits per heavy atom. The van der Waals surface area contributed by atoms with Crippen molar-refractivity contribution in [2.75, 3.05) is 20.3 Å². The Hall–Kier alpha value is -0.610. The Bertz CT molecular complexity index is 206. The van der Waals surface area contributed by atoms with E-state index in [9.17, 15) is 4.79 Å². The van der Waals surface area contributed by atoms with Gasteiger partial charge in [-0.3, -0.25) is 4.79 Å². The van der Waals surface area contributed by atoms with E-state index < -0.39 is 0 Å². The van der Waals surface area contributed by atoms with Gasteiger partial charge in [0, 0.05) is 7.11 Å². The Morgan fingerprint density at radius 1 is 1.20 bits per heavy atom. The first-order valence-corrected chi connectivity index (χ1v) is 5.10. The van der Waals surface area contributed by atoms with Crippen molar-refractivity contribution in [1.29, 1.82) is 0 Å². The highest BCUT2D eigenvalue weighted by Gasteiger charge is 2.21. The van der Waals surface area contributed by atoms with Crippen molar-refractivity contribution >= 4 is 5.91 Å². The zero-order valence-corrected chi connectivity index (χ0v) is 10.6. The quantitative estimate of drug-likeness (QED) is 0.756. The van der Waals surface area contributed by atoms with Crippen molar-refractivity contribution in [2.24, 2.45) is 0 Å². The van der Waals surface area contributed by atoms with Crippen LogP contribution >= 0.6 is 0 Å². The Labute approximate surface area is 92.3 Å². The monoisotopic (exact) mass is 217 g/mol. The molecule has 1 N–H and O–H groups in total. The lowest BCUT2D eigenvalue weighted by atomic mass is 10.1. The summed E-state index contributed by atoms with van der Waals surface area (Å²) in [7, 11) is 1.61. The third-order valence-corrected chi connectivity index (χ3v) is 1.62. The van der Waals surface area contributed by atoms with Crippen molar-refractivity contribution in [1.82, 2.24) is 5.32 Å². The molecule has 90 valence electrons. The van der Waals surface area contributed by atoms with Gasteiger partial charge in [0.05, 0.1) is 17.7 Å². The summed E-state index contributed by atoms with van der Waals surface area (Å²) in [6, 6.07) is 0. The van der Waals surface area contributed by atoms with Crippen molar-refractivity contribution < 1.29 is 14.3 Å². The molecule has 0 aliphatic carbocycles. The van der Waals surface area contributed by atoms with E-state index in [0.29, 0.717) is 6.61 Å². The molecule has 4 nitrogen and oxygen atoms in total. The molecule has 0 aromatic rings. The molecule has 15 heavy (non-hydrogen) atoms. The van der Waals surface area contributed by atoms with Crippen LogP contribution in [0.3, 0.4) is 0 Å². The van der Waals surface area contributed by atoms with Gasteiger partial charge in [-0.15, -0.1) is 0 Å². The van der Waals surface area contributed by atoms with Crippen LogP contribution < -0.4 is 5.32 Å². The largest absolute Gasteiger partial charge is 0.382 e. The lowest BCUT2D eigenvalue weighted by molar-refractivity contribution is -0.132. The molecule has 0 aliphatic rings. The van der Waals surface area contributed by atoms with Crippen LogP contribution in [0.15, 0.2) is 0 Å². The summed E-state index contributed by atoms with van der Waals surface area (Å²) in [6.07, 6.45) is 0. The number of hydrogen-bond acceptors (Lipinski definition) is 3. The fourth-order valence-corrected chi connectivity index (χ4v) is 1.09. The van der Waals surface area contributed by atoms with Gasteiger partial charge >= 0.3 is 0 Å². The second kappa shape index (κ2) is 5.47. The third-order valence-electron chi connectivity index (χ3n) is 1.62. The van der Waals surface area contributed by atoms with Gasteiger partial charge in [0.1, 0.15) is 6.61 Å². The molecule has 0 spiro atoms. The van der Waals surface area contributed by atoms with E-state index in [2.05, 4.69) is 5.32 Å². The van der Waals surface area contributed by atoms with Crippen molar-refractivity contribution in [2.45, 2.75) is 45.8 Å². The molecule has 0 saturated carbocycles. The van der Waals surface area contributed by atoms with E-state index in [1.807, 2.05) is 34.6 Å². The number of carbonyl (C=O) groups excluding carboxylic acids is 1. The Kier molecular flexibility index (Phi) is 5.24. The fraction of sp³-hybridized carbons (Fsp3) is 0.909. The van der Waals surface area contributed by atoms with Crippen LogP contribution in [-0.4, -0.2) is 37.4 Å². The Balaban J connectivity index is 3.93. The van der Waals surface area contributed by atoms with Crippen molar-refractivity contribution in [3.63, 3.8) is 0 Å². The number of rotatable bonds is 5. The van der Waals surface area contributed by atoms with Crippen LogP contribution in [0, 0.1) is 0 Å². The normalized spacial score (nSPS) is 12.7. The summed E-state index contributed by atoms with van der Waals surface area (Å²) in [5.41, 5.74) is -0.643. The smallest absolute Gasteiger partial charge is 0.246 e. The number of methoxy groups -OCH3 is 1. The van der Waals surface area contributed by atoms with E-state index in [1.54, 1.807) is 7.11 Å². The van der Waals surface area contributed by atoms with E-state index in [4.69, 9.17) is 9.47 Å². The number of ether oxygens (including phenoxy) is 2. The molecular formula is C11H23NO3. The highest BCUT2D eigenvalue weighted by molar-refractivity contribution is 5.78. The van der Waals surface area contributed by atoms with Crippen LogP contribution in [0.2, 0.25) is 0 Å². The molecule has 4 heteroatoms. The number of amides is 1. The average molecular weight is 217 g/mol.